The monoisotopic (exact) mass is 602 g/mol. The van der Waals surface area contributed by atoms with Gasteiger partial charge in [0, 0.05) is 17.1 Å². The number of hydrogen-bond donors (Lipinski definition) is 1. The summed E-state index contributed by atoms with van der Waals surface area (Å²) in [5, 5.41) is 10.5. The lowest BCUT2D eigenvalue weighted by molar-refractivity contribution is -0.154. The van der Waals surface area contributed by atoms with Crippen molar-refractivity contribution in [3.8, 4) is 0 Å². The molecule has 1 aromatic rings. The van der Waals surface area contributed by atoms with Crippen LogP contribution in [0.2, 0.25) is 0 Å². The molecule has 7 atom stereocenters. The molecule has 4 rings (SSSR count). The molecule has 0 aliphatic carbocycles. The van der Waals surface area contributed by atoms with Gasteiger partial charge in [0.05, 0.1) is 30.6 Å². The highest BCUT2D eigenvalue weighted by Gasteiger charge is 2.77. The van der Waals surface area contributed by atoms with Gasteiger partial charge < -0.3 is 24.4 Å². The van der Waals surface area contributed by atoms with E-state index in [1.807, 2.05) is 45.9 Å². The van der Waals surface area contributed by atoms with Crippen LogP contribution < -0.4 is 4.90 Å². The molecule has 2 amide bonds. The predicted molar refractivity (Wildman–Crippen MR) is 153 cm³/mol. The first kappa shape index (κ1) is 29.5. The summed E-state index contributed by atoms with van der Waals surface area (Å²) >= 11 is 3.68. The molecule has 39 heavy (non-hydrogen) atoms. The van der Waals surface area contributed by atoms with Gasteiger partial charge in [-0.15, -0.1) is 6.58 Å². The average molecular weight is 604 g/mol. The zero-order valence-corrected chi connectivity index (χ0v) is 24.7. The Morgan fingerprint density at radius 3 is 2.64 bits per heavy atom. The summed E-state index contributed by atoms with van der Waals surface area (Å²) in [4.78, 5) is 45.2. The molecule has 1 aromatic carbocycles. The van der Waals surface area contributed by atoms with Gasteiger partial charge in [-0.3, -0.25) is 14.4 Å². The average Bonchev–Trinajstić information content (AvgIpc) is 3.48. The van der Waals surface area contributed by atoms with Gasteiger partial charge in [-0.1, -0.05) is 60.6 Å². The molecule has 9 heteroatoms. The van der Waals surface area contributed by atoms with Gasteiger partial charge in [0.15, 0.2) is 0 Å². The third-order valence-electron chi connectivity index (χ3n) is 8.16. The summed E-state index contributed by atoms with van der Waals surface area (Å²) in [5.41, 5.74) is 1.38. The second kappa shape index (κ2) is 11.6. The molecule has 2 bridgehead atoms. The predicted octanol–water partition coefficient (Wildman–Crippen LogP) is 3.71. The van der Waals surface area contributed by atoms with Crippen LogP contribution in [0.25, 0.3) is 0 Å². The van der Waals surface area contributed by atoms with Crippen LogP contribution in [-0.2, 0) is 23.9 Å². The van der Waals surface area contributed by atoms with Crippen molar-refractivity contribution in [2.75, 3.05) is 24.7 Å². The molecule has 0 saturated carbocycles. The Bertz CT molecular complexity index is 1150. The van der Waals surface area contributed by atoms with Crippen LogP contribution >= 0.6 is 15.9 Å². The number of benzene rings is 1. The summed E-state index contributed by atoms with van der Waals surface area (Å²) in [6, 6.07) is 4.24. The molecule has 1 spiro atoms. The number of rotatable bonds is 11. The highest BCUT2D eigenvalue weighted by atomic mass is 79.9. The minimum absolute atomic E-state index is 0.0152. The van der Waals surface area contributed by atoms with E-state index >= 15 is 0 Å². The Balaban J connectivity index is 1.86. The molecule has 0 aromatic heterocycles. The number of carbonyl (C=O) groups is 3. The van der Waals surface area contributed by atoms with Gasteiger partial charge in [-0.25, -0.2) is 0 Å². The minimum Gasteiger partial charge on any atom is -0.461 e. The number of halogens is 1. The minimum atomic E-state index is -1.24. The first-order valence-corrected chi connectivity index (χ1v) is 14.5. The molecule has 3 aliphatic heterocycles. The standard InChI is InChI=1S/C30H39BrN2O6/c1-7-11-32(22-14-18(5)9-10-19(22)6)28(36)26-30-15-21(31)25(39-30)23(29(37)38-12-8-2)24(30)27(35)33(26)20(16-34)13-17(3)4/h7-10,14,17,20-21,23-26,34H,1-2,11-13,15-16H2,3-6H3/t20-,21?,23+,24+,25+,26?,30?/m1/s1. The zero-order chi connectivity index (χ0) is 28.6. The van der Waals surface area contributed by atoms with Crippen molar-refractivity contribution in [3.63, 3.8) is 0 Å². The number of carbonyl (C=O) groups excluding carboxylic acids is 3. The van der Waals surface area contributed by atoms with Crippen LogP contribution in [-0.4, -0.2) is 76.2 Å². The number of fused-ring (bicyclic) bond motifs is 1. The lowest BCUT2D eigenvalue weighted by Gasteiger charge is -2.40. The van der Waals surface area contributed by atoms with Gasteiger partial charge in [0.1, 0.15) is 18.2 Å². The number of alkyl halides is 1. The number of hydrogen-bond acceptors (Lipinski definition) is 6. The highest BCUT2D eigenvalue weighted by molar-refractivity contribution is 9.09. The second-order valence-electron chi connectivity index (χ2n) is 11.3. The van der Waals surface area contributed by atoms with E-state index in [0.29, 0.717) is 12.8 Å². The van der Waals surface area contributed by atoms with Crippen molar-refractivity contribution >= 4 is 39.4 Å². The van der Waals surface area contributed by atoms with Gasteiger partial charge >= 0.3 is 5.97 Å². The van der Waals surface area contributed by atoms with Crippen molar-refractivity contribution in [1.29, 1.82) is 0 Å². The Morgan fingerprint density at radius 1 is 1.31 bits per heavy atom. The summed E-state index contributed by atoms with van der Waals surface area (Å²) < 4.78 is 12.0. The van der Waals surface area contributed by atoms with Crippen LogP contribution in [0.5, 0.6) is 0 Å². The summed E-state index contributed by atoms with van der Waals surface area (Å²) in [6.07, 6.45) is 3.39. The fraction of sp³-hybridized carbons (Fsp3) is 0.567. The van der Waals surface area contributed by atoms with Crippen LogP contribution in [0.4, 0.5) is 5.69 Å². The third kappa shape index (κ3) is 4.98. The summed E-state index contributed by atoms with van der Waals surface area (Å²) in [7, 11) is 0. The SMILES string of the molecule is C=CCOC(=O)[C@H]1[C@H]2C(=O)N([C@@H](CO)CC(C)C)C(C(=O)N(CC=C)c3cc(C)ccc3C)C23CC(Br)[C@@H]1O3. The Morgan fingerprint density at radius 2 is 2.03 bits per heavy atom. The van der Waals surface area contributed by atoms with Gasteiger partial charge in [-0.2, -0.15) is 0 Å². The number of aliphatic hydroxyl groups is 1. The molecule has 3 fully saturated rings. The number of likely N-dealkylation sites (tertiary alicyclic amines) is 1. The first-order chi connectivity index (χ1) is 18.5. The Hall–Kier alpha value is -2.49. The lowest BCUT2D eigenvalue weighted by atomic mass is 9.70. The number of anilines is 1. The normalized spacial score (nSPS) is 29.9. The fourth-order valence-electron chi connectivity index (χ4n) is 6.66. The molecule has 212 valence electrons. The van der Waals surface area contributed by atoms with Crippen LogP contribution in [0, 0.1) is 31.6 Å². The van der Waals surface area contributed by atoms with Gasteiger partial charge in [0.25, 0.3) is 5.91 Å². The van der Waals surface area contributed by atoms with E-state index in [4.69, 9.17) is 9.47 Å². The van der Waals surface area contributed by atoms with E-state index in [9.17, 15) is 19.5 Å². The quantitative estimate of drug-likeness (QED) is 0.236. The van der Waals surface area contributed by atoms with Crippen molar-refractivity contribution in [3.05, 3.63) is 54.6 Å². The molecular weight excluding hydrogens is 564 g/mol. The molecule has 3 unspecified atom stereocenters. The van der Waals surface area contributed by atoms with Crippen molar-refractivity contribution < 1.29 is 29.0 Å². The van der Waals surface area contributed by atoms with Crippen molar-refractivity contribution in [2.24, 2.45) is 17.8 Å². The number of nitrogens with zero attached hydrogens (tertiary/aromatic N) is 2. The number of esters is 1. The Kier molecular flexibility index (Phi) is 8.73. The maximum atomic E-state index is 14.7. The topological polar surface area (TPSA) is 96.4 Å². The molecular formula is C30H39BrN2O6. The number of aliphatic hydroxyl groups excluding tert-OH is 1. The second-order valence-corrected chi connectivity index (χ2v) is 12.5. The number of aryl methyl sites for hydroxylation is 2. The van der Waals surface area contributed by atoms with Crippen LogP contribution in [0.1, 0.15) is 37.8 Å². The molecule has 3 heterocycles. The zero-order valence-electron chi connectivity index (χ0n) is 23.1. The Labute approximate surface area is 239 Å². The fourth-order valence-corrected chi connectivity index (χ4v) is 7.60. The van der Waals surface area contributed by atoms with E-state index in [0.717, 1.165) is 16.8 Å². The lowest BCUT2D eigenvalue weighted by Crippen LogP contribution is -2.59. The van der Waals surface area contributed by atoms with Crippen LogP contribution in [0.15, 0.2) is 43.5 Å². The maximum Gasteiger partial charge on any atom is 0.312 e. The first-order valence-electron chi connectivity index (χ1n) is 13.5. The molecule has 8 nitrogen and oxygen atoms in total. The van der Waals surface area contributed by atoms with Gasteiger partial charge in [-0.05, 0) is 49.8 Å². The number of ether oxygens (including phenoxy) is 2. The van der Waals surface area contributed by atoms with Crippen LogP contribution in [0.3, 0.4) is 0 Å². The molecule has 1 N–H and O–H groups in total. The van der Waals surface area contributed by atoms with E-state index in [1.54, 1.807) is 11.0 Å². The van der Waals surface area contributed by atoms with Crippen molar-refractivity contribution in [1.82, 2.24) is 4.90 Å². The van der Waals surface area contributed by atoms with Gasteiger partial charge in [0.2, 0.25) is 5.91 Å². The largest absolute Gasteiger partial charge is 0.461 e. The number of amides is 2. The smallest absolute Gasteiger partial charge is 0.312 e. The van der Waals surface area contributed by atoms with E-state index in [-0.39, 0.29) is 42.3 Å². The van der Waals surface area contributed by atoms with E-state index in [1.165, 1.54) is 11.0 Å². The molecule has 3 saturated heterocycles. The summed E-state index contributed by atoms with van der Waals surface area (Å²) in [6.45, 7) is 15.3. The molecule has 0 radical (unpaired) electrons. The van der Waals surface area contributed by atoms with E-state index < -0.39 is 41.6 Å². The molecule has 3 aliphatic rings. The highest BCUT2D eigenvalue weighted by Crippen LogP contribution is 2.61. The van der Waals surface area contributed by atoms with Crippen molar-refractivity contribution in [2.45, 2.75) is 69.2 Å². The summed E-state index contributed by atoms with van der Waals surface area (Å²) in [5.74, 6) is -2.83. The third-order valence-corrected chi connectivity index (χ3v) is 9.00. The van der Waals surface area contributed by atoms with E-state index in [2.05, 4.69) is 29.1 Å². The maximum absolute atomic E-state index is 14.7.